The van der Waals surface area contributed by atoms with E-state index in [4.69, 9.17) is 16.3 Å². The lowest BCUT2D eigenvalue weighted by Crippen LogP contribution is -2.41. The van der Waals surface area contributed by atoms with Gasteiger partial charge in [-0.25, -0.2) is 4.39 Å². The molecule has 1 saturated heterocycles. The van der Waals surface area contributed by atoms with Crippen LogP contribution in [0.15, 0.2) is 48.9 Å². The average Bonchev–Trinajstić information content (AvgIpc) is 2.88. The maximum atomic E-state index is 15.7. The van der Waals surface area contributed by atoms with Gasteiger partial charge >= 0.3 is 5.97 Å². The SMILES string of the molecule is COc1ccc2ncc(Cl)c([C@@H](F)CCC3(CC(=O)O)CCN(CCCc4cccnc4)CC3)c2c1. The largest absolute Gasteiger partial charge is 0.497 e. The number of pyridine rings is 2. The summed E-state index contributed by atoms with van der Waals surface area (Å²) in [6.45, 7) is 2.62. The van der Waals surface area contributed by atoms with E-state index in [9.17, 15) is 9.90 Å². The van der Waals surface area contributed by atoms with E-state index in [0.29, 0.717) is 28.6 Å². The molecule has 0 unspecified atom stereocenters. The van der Waals surface area contributed by atoms with Gasteiger partial charge < -0.3 is 14.7 Å². The minimum absolute atomic E-state index is 0.0574. The van der Waals surface area contributed by atoms with Gasteiger partial charge in [0.1, 0.15) is 11.9 Å². The number of aliphatic carboxylic acids is 1. The van der Waals surface area contributed by atoms with E-state index in [1.54, 1.807) is 31.5 Å². The van der Waals surface area contributed by atoms with Crippen LogP contribution in [0.3, 0.4) is 0 Å². The van der Waals surface area contributed by atoms with Crippen molar-refractivity contribution in [3.05, 3.63) is 65.1 Å². The minimum atomic E-state index is -1.32. The number of carboxylic acids is 1. The first-order valence-corrected chi connectivity index (χ1v) is 12.9. The van der Waals surface area contributed by atoms with E-state index >= 15 is 4.39 Å². The Bertz CT molecular complexity index is 1170. The highest BCUT2D eigenvalue weighted by atomic mass is 35.5. The van der Waals surface area contributed by atoms with E-state index in [1.165, 1.54) is 11.8 Å². The first-order chi connectivity index (χ1) is 17.4. The Labute approximate surface area is 216 Å². The molecule has 6 nitrogen and oxygen atoms in total. The number of nitrogens with zero attached hydrogens (tertiary/aromatic N) is 3. The van der Waals surface area contributed by atoms with Gasteiger partial charge in [-0.1, -0.05) is 17.7 Å². The van der Waals surface area contributed by atoms with Gasteiger partial charge in [0.15, 0.2) is 0 Å². The number of rotatable bonds is 11. The van der Waals surface area contributed by atoms with Gasteiger partial charge in [-0.3, -0.25) is 14.8 Å². The number of ether oxygens (including phenoxy) is 1. The molecule has 1 fully saturated rings. The summed E-state index contributed by atoms with van der Waals surface area (Å²) in [5, 5.41) is 10.5. The number of alkyl halides is 1. The number of carboxylic acid groups (broad SMARTS) is 1. The molecule has 0 bridgehead atoms. The van der Waals surface area contributed by atoms with Crippen molar-refractivity contribution in [2.45, 2.75) is 51.1 Å². The number of hydrogen-bond acceptors (Lipinski definition) is 5. The van der Waals surface area contributed by atoms with Gasteiger partial charge in [0.25, 0.3) is 0 Å². The quantitative estimate of drug-likeness (QED) is 0.325. The van der Waals surface area contributed by atoms with Crippen LogP contribution in [0.5, 0.6) is 5.75 Å². The maximum absolute atomic E-state index is 15.7. The third-order valence-electron chi connectivity index (χ3n) is 7.42. The van der Waals surface area contributed by atoms with Crippen molar-refractivity contribution in [3.8, 4) is 5.75 Å². The summed E-state index contributed by atoms with van der Waals surface area (Å²) in [4.78, 5) is 22.6. The number of aryl methyl sites for hydroxylation is 1. The molecule has 36 heavy (non-hydrogen) atoms. The summed E-state index contributed by atoms with van der Waals surface area (Å²) in [5.41, 5.74) is 1.86. The Morgan fingerprint density at radius 2 is 2.08 bits per heavy atom. The van der Waals surface area contributed by atoms with Crippen molar-refractivity contribution in [1.82, 2.24) is 14.9 Å². The van der Waals surface area contributed by atoms with E-state index in [0.717, 1.165) is 45.3 Å². The lowest BCUT2D eigenvalue weighted by Gasteiger charge is -2.41. The van der Waals surface area contributed by atoms with Crippen LogP contribution >= 0.6 is 11.6 Å². The number of methoxy groups -OCH3 is 1. The van der Waals surface area contributed by atoms with Crippen molar-refractivity contribution >= 4 is 28.5 Å². The van der Waals surface area contributed by atoms with Crippen molar-refractivity contribution in [1.29, 1.82) is 0 Å². The zero-order chi connectivity index (χ0) is 25.5. The number of hydrogen-bond donors (Lipinski definition) is 1. The van der Waals surface area contributed by atoms with Crippen LogP contribution in [0.2, 0.25) is 5.02 Å². The number of aromatic nitrogens is 2. The van der Waals surface area contributed by atoms with Gasteiger partial charge in [-0.05, 0) is 93.4 Å². The van der Waals surface area contributed by atoms with E-state index in [2.05, 4.69) is 20.9 Å². The second kappa shape index (κ2) is 12.0. The van der Waals surface area contributed by atoms with E-state index in [1.807, 2.05) is 12.3 Å². The van der Waals surface area contributed by atoms with Gasteiger partial charge in [-0.15, -0.1) is 0 Å². The number of halogens is 2. The maximum Gasteiger partial charge on any atom is 0.303 e. The Morgan fingerprint density at radius 3 is 2.78 bits per heavy atom. The molecule has 1 atom stereocenters. The molecule has 1 aliphatic rings. The average molecular weight is 514 g/mol. The lowest BCUT2D eigenvalue weighted by molar-refractivity contribution is -0.141. The van der Waals surface area contributed by atoms with Crippen molar-refractivity contribution in [2.24, 2.45) is 5.41 Å². The Balaban J connectivity index is 1.39. The fraction of sp³-hybridized carbons (Fsp3) is 0.464. The number of benzene rings is 1. The zero-order valence-electron chi connectivity index (χ0n) is 20.6. The standard InChI is InChI=1S/C28H33ClFN3O3/c1-36-21-6-7-25-22(16-21)27(23(29)19-32-25)24(30)8-9-28(17-26(34)35)10-14-33(15-11-28)13-3-5-20-4-2-12-31-18-20/h2,4,6-7,12,16,18-19,24H,3,5,8-11,13-15,17H2,1H3,(H,34,35)/t24-/m0/s1. The summed E-state index contributed by atoms with van der Waals surface area (Å²) in [6, 6.07) is 9.37. The molecule has 4 rings (SSSR count). The molecule has 0 aliphatic carbocycles. The molecule has 0 spiro atoms. The predicted octanol–water partition coefficient (Wildman–Crippen LogP) is 6.27. The van der Waals surface area contributed by atoms with Crippen molar-refractivity contribution in [2.75, 3.05) is 26.7 Å². The molecule has 3 aromatic rings. The molecule has 0 amide bonds. The Hall–Kier alpha value is -2.77. The highest BCUT2D eigenvalue weighted by Gasteiger charge is 2.37. The summed E-state index contributed by atoms with van der Waals surface area (Å²) < 4.78 is 21.0. The molecule has 1 aliphatic heterocycles. The normalized spacial score (nSPS) is 16.6. The second-order valence-electron chi connectivity index (χ2n) is 9.79. The smallest absolute Gasteiger partial charge is 0.303 e. The van der Waals surface area contributed by atoms with Crippen molar-refractivity contribution in [3.63, 3.8) is 0 Å². The van der Waals surface area contributed by atoms with Crippen molar-refractivity contribution < 1.29 is 19.0 Å². The highest BCUT2D eigenvalue weighted by Crippen LogP contribution is 2.44. The fourth-order valence-corrected chi connectivity index (χ4v) is 5.60. The molecule has 2 aromatic heterocycles. The van der Waals surface area contributed by atoms with E-state index < -0.39 is 17.6 Å². The Kier molecular flexibility index (Phi) is 8.75. The number of piperidine rings is 1. The molecule has 3 heterocycles. The Morgan fingerprint density at radius 1 is 1.28 bits per heavy atom. The molecule has 8 heteroatoms. The second-order valence-corrected chi connectivity index (χ2v) is 10.2. The number of likely N-dealkylation sites (tertiary alicyclic amines) is 1. The minimum Gasteiger partial charge on any atom is -0.497 e. The topological polar surface area (TPSA) is 75.6 Å². The van der Waals surface area contributed by atoms with Gasteiger partial charge in [0.2, 0.25) is 0 Å². The molecule has 1 aromatic carbocycles. The zero-order valence-corrected chi connectivity index (χ0v) is 21.4. The van der Waals surface area contributed by atoms with Crippen LogP contribution in [0.25, 0.3) is 10.9 Å². The first-order valence-electron chi connectivity index (χ1n) is 12.5. The summed E-state index contributed by atoms with van der Waals surface area (Å²) in [5.74, 6) is -0.217. The third-order valence-corrected chi connectivity index (χ3v) is 7.72. The lowest BCUT2D eigenvalue weighted by atomic mass is 9.71. The molecule has 0 radical (unpaired) electrons. The first kappa shape index (κ1) is 26.3. The van der Waals surface area contributed by atoms with Gasteiger partial charge in [0.05, 0.1) is 24.1 Å². The summed E-state index contributed by atoms with van der Waals surface area (Å²) in [6.07, 6.45) is 8.10. The van der Waals surface area contributed by atoms with Crippen LogP contribution in [0.4, 0.5) is 4.39 Å². The van der Waals surface area contributed by atoms with Crippen LogP contribution in [0, 0.1) is 5.41 Å². The monoisotopic (exact) mass is 513 g/mol. The van der Waals surface area contributed by atoms with Crippen LogP contribution in [0.1, 0.15) is 55.8 Å². The third kappa shape index (κ3) is 6.51. The highest BCUT2D eigenvalue weighted by molar-refractivity contribution is 6.32. The van der Waals surface area contributed by atoms with Crippen LogP contribution in [-0.2, 0) is 11.2 Å². The molecule has 1 N–H and O–H groups in total. The molecular weight excluding hydrogens is 481 g/mol. The fourth-order valence-electron chi connectivity index (χ4n) is 5.33. The molecular formula is C28H33ClFN3O3. The predicted molar refractivity (Wildman–Crippen MR) is 139 cm³/mol. The summed E-state index contributed by atoms with van der Waals surface area (Å²) >= 11 is 6.40. The van der Waals surface area contributed by atoms with Gasteiger partial charge in [0, 0.05) is 29.5 Å². The van der Waals surface area contributed by atoms with Crippen LogP contribution in [-0.4, -0.2) is 52.7 Å². The molecule has 0 saturated carbocycles. The number of carbonyl (C=O) groups is 1. The van der Waals surface area contributed by atoms with E-state index in [-0.39, 0.29) is 17.9 Å². The van der Waals surface area contributed by atoms with Crippen LogP contribution < -0.4 is 4.74 Å². The summed E-state index contributed by atoms with van der Waals surface area (Å²) in [7, 11) is 1.56. The van der Waals surface area contributed by atoms with Gasteiger partial charge in [-0.2, -0.15) is 0 Å². The molecule has 192 valence electrons. The number of fused-ring (bicyclic) bond motifs is 1.